The third-order valence-corrected chi connectivity index (χ3v) is 7.44. The molecule has 1 amide bonds. The second kappa shape index (κ2) is 7.66. The molecule has 1 aliphatic carbocycles. The summed E-state index contributed by atoms with van der Waals surface area (Å²) < 4.78 is 32.7. The third kappa shape index (κ3) is 3.70. The SMILES string of the molecule is Cc1ccc(NC(=O)c2ccc3c(c2)CCC3)cc1S(=O)(=O)N1CCOCC1. The number of aryl methyl sites for hydroxylation is 3. The first kappa shape index (κ1) is 19.1. The van der Waals surface area contributed by atoms with Crippen LogP contribution in [0.2, 0.25) is 0 Å². The molecular weight excluding hydrogens is 376 g/mol. The Morgan fingerprint density at radius 1 is 1.04 bits per heavy atom. The second-order valence-electron chi connectivity index (χ2n) is 7.29. The zero-order chi connectivity index (χ0) is 19.7. The molecule has 2 aromatic rings. The lowest BCUT2D eigenvalue weighted by molar-refractivity contribution is 0.0730. The van der Waals surface area contributed by atoms with Gasteiger partial charge in [0.1, 0.15) is 0 Å². The Hall–Kier alpha value is -2.22. The van der Waals surface area contributed by atoms with Crippen molar-refractivity contribution in [1.82, 2.24) is 4.31 Å². The highest BCUT2D eigenvalue weighted by Crippen LogP contribution is 2.26. The third-order valence-electron chi connectivity index (χ3n) is 5.39. The van der Waals surface area contributed by atoms with E-state index in [1.807, 2.05) is 18.2 Å². The van der Waals surface area contributed by atoms with Gasteiger partial charge in [0, 0.05) is 24.3 Å². The maximum absolute atomic E-state index is 13.0. The van der Waals surface area contributed by atoms with Gasteiger partial charge in [-0.3, -0.25) is 4.79 Å². The Morgan fingerprint density at radius 2 is 1.79 bits per heavy atom. The fourth-order valence-electron chi connectivity index (χ4n) is 3.80. The van der Waals surface area contributed by atoms with Crippen molar-refractivity contribution in [3.8, 4) is 0 Å². The molecule has 2 aromatic carbocycles. The van der Waals surface area contributed by atoms with Crippen LogP contribution in [0, 0.1) is 6.92 Å². The number of amides is 1. The molecule has 4 rings (SSSR count). The Bertz CT molecular complexity index is 1010. The van der Waals surface area contributed by atoms with E-state index in [0.29, 0.717) is 43.1 Å². The van der Waals surface area contributed by atoms with Crippen molar-refractivity contribution in [2.45, 2.75) is 31.1 Å². The number of carbonyl (C=O) groups is 1. The van der Waals surface area contributed by atoms with Crippen molar-refractivity contribution >= 4 is 21.6 Å². The molecular formula is C21H24N2O4S. The Balaban J connectivity index is 1.57. The lowest BCUT2D eigenvalue weighted by Gasteiger charge is -2.26. The molecule has 1 saturated heterocycles. The van der Waals surface area contributed by atoms with Crippen LogP contribution in [0.1, 0.15) is 33.5 Å². The zero-order valence-corrected chi connectivity index (χ0v) is 16.7. The van der Waals surface area contributed by atoms with E-state index in [1.165, 1.54) is 15.4 Å². The van der Waals surface area contributed by atoms with E-state index in [-0.39, 0.29) is 10.8 Å². The normalized spacial score (nSPS) is 17.3. The van der Waals surface area contributed by atoms with Gasteiger partial charge in [-0.25, -0.2) is 8.42 Å². The van der Waals surface area contributed by atoms with Crippen LogP contribution in [-0.4, -0.2) is 44.9 Å². The van der Waals surface area contributed by atoms with E-state index < -0.39 is 10.0 Å². The summed E-state index contributed by atoms with van der Waals surface area (Å²) in [4.78, 5) is 12.9. The van der Waals surface area contributed by atoms with E-state index in [4.69, 9.17) is 4.74 Å². The van der Waals surface area contributed by atoms with Crippen molar-refractivity contribution < 1.29 is 17.9 Å². The molecule has 0 bridgehead atoms. The van der Waals surface area contributed by atoms with Crippen molar-refractivity contribution in [3.63, 3.8) is 0 Å². The van der Waals surface area contributed by atoms with Gasteiger partial charge in [-0.05, 0) is 67.1 Å². The van der Waals surface area contributed by atoms with E-state index >= 15 is 0 Å². The molecule has 0 radical (unpaired) electrons. The maximum Gasteiger partial charge on any atom is 0.255 e. The highest BCUT2D eigenvalue weighted by Gasteiger charge is 2.28. The lowest BCUT2D eigenvalue weighted by atomic mass is 10.1. The number of fused-ring (bicyclic) bond motifs is 1. The molecule has 2 aliphatic rings. The molecule has 7 heteroatoms. The number of rotatable bonds is 4. The first-order chi connectivity index (χ1) is 13.4. The van der Waals surface area contributed by atoms with E-state index in [1.54, 1.807) is 25.1 Å². The predicted octanol–water partition coefficient (Wildman–Crippen LogP) is 2.76. The molecule has 1 N–H and O–H groups in total. The number of morpholine rings is 1. The molecule has 1 aliphatic heterocycles. The smallest absolute Gasteiger partial charge is 0.255 e. The molecule has 1 fully saturated rings. The number of ether oxygens (including phenoxy) is 1. The van der Waals surface area contributed by atoms with Crippen LogP contribution < -0.4 is 5.32 Å². The standard InChI is InChI=1S/C21H24N2O4S/c1-15-5-8-19(14-20(15)28(25,26)23-9-11-27-12-10-23)22-21(24)18-7-6-16-3-2-4-17(16)13-18/h5-8,13-14H,2-4,9-12H2,1H3,(H,22,24). The van der Waals surface area contributed by atoms with E-state index in [9.17, 15) is 13.2 Å². The summed E-state index contributed by atoms with van der Waals surface area (Å²) >= 11 is 0. The summed E-state index contributed by atoms with van der Waals surface area (Å²) in [5.41, 5.74) is 4.27. The average molecular weight is 401 g/mol. The van der Waals surface area contributed by atoms with Gasteiger partial charge in [0.05, 0.1) is 18.1 Å². The number of hydrogen-bond donors (Lipinski definition) is 1. The van der Waals surface area contributed by atoms with Gasteiger partial charge in [0.15, 0.2) is 0 Å². The summed E-state index contributed by atoms with van der Waals surface area (Å²) in [6.07, 6.45) is 3.20. The molecule has 28 heavy (non-hydrogen) atoms. The molecule has 1 heterocycles. The molecule has 0 aromatic heterocycles. The molecule has 6 nitrogen and oxygen atoms in total. The van der Waals surface area contributed by atoms with Crippen LogP contribution in [0.15, 0.2) is 41.3 Å². The minimum Gasteiger partial charge on any atom is -0.379 e. The van der Waals surface area contributed by atoms with Gasteiger partial charge in [-0.2, -0.15) is 4.31 Å². The van der Waals surface area contributed by atoms with Gasteiger partial charge < -0.3 is 10.1 Å². The van der Waals surface area contributed by atoms with Crippen LogP contribution >= 0.6 is 0 Å². The van der Waals surface area contributed by atoms with Crippen LogP contribution in [-0.2, 0) is 27.6 Å². The number of hydrogen-bond acceptors (Lipinski definition) is 4. The second-order valence-corrected chi connectivity index (χ2v) is 9.19. The summed E-state index contributed by atoms with van der Waals surface area (Å²) in [5, 5.41) is 2.85. The molecule has 0 atom stereocenters. The monoisotopic (exact) mass is 400 g/mol. The van der Waals surface area contributed by atoms with Crippen molar-refractivity contribution in [2.75, 3.05) is 31.6 Å². The fourth-order valence-corrected chi connectivity index (χ4v) is 5.46. The maximum atomic E-state index is 13.0. The summed E-state index contributed by atoms with van der Waals surface area (Å²) in [6, 6.07) is 10.8. The Labute approximate surface area is 165 Å². The Morgan fingerprint density at radius 3 is 2.57 bits per heavy atom. The lowest BCUT2D eigenvalue weighted by Crippen LogP contribution is -2.40. The minimum absolute atomic E-state index is 0.223. The van der Waals surface area contributed by atoms with Gasteiger partial charge in [0.2, 0.25) is 10.0 Å². The van der Waals surface area contributed by atoms with Crippen LogP contribution in [0.4, 0.5) is 5.69 Å². The topological polar surface area (TPSA) is 75.7 Å². The predicted molar refractivity (Wildman–Crippen MR) is 107 cm³/mol. The fraction of sp³-hybridized carbons (Fsp3) is 0.381. The molecule has 0 spiro atoms. The Kier molecular flexibility index (Phi) is 5.23. The first-order valence-corrected chi connectivity index (χ1v) is 11.0. The quantitative estimate of drug-likeness (QED) is 0.856. The van der Waals surface area contributed by atoms with Crippen LogP contribution in [0.3, 0.4) is 0 Å². The summed E-state index contributed by atoms with van der Waals surface area (Å²) in [7, 11) is -3.62. The number of sulfonamides is 1. The largest absolute Gasteiger partial charge is 0.379 e. The molecule has 0 saturated carbocycles. The van der Waals surface area contributed by atoms with Crippen LogP contribution in [0.5, 0.6) is 0 Å². The molecule has 148 valence electrons. The van der Waals surface area contributed by atoms with Gasteiger partial charge in [-0.1, -0.05) is 12.1 Å². The number of anilines is 1. The molecule has 0 unspecified atom stereocenters. The number of benzene rings is 2. The van der Waals surface area contributed by atoms with Gasteiger partial charge in [-0.15, -0.1) is 0 Å². The number of nitrogens with zero attached hydrogens (tertiary/aromatic N) is 1. The number of nitrogens with one attached hydrogen (secondary N) is 1. The minimum atomic E-state index is -3.62. The highest BCUT2D eigenvalue weighted by molar-refractivity contribution is 7.89. The van der Waals surface area contributed by atoms with E-state index in [2.05, 4.69) is 5.32 Å². The van der Waals surface area contributed by atoms with Crippen LogP contribution in [0.25, 0.3) is 0 Å². The van der Waals surface area contributed by atoms with Gasteiger partial charge >= 0.3 is 0 Å². The average Bonchev–Trinajstić information content (AvgIpc) is 3.18. The van der Waals surface area contributed by atoms with Crippen molar-refractivity contribution in [3.05, 3.63) is 58.7 Å². The zero-order valence-electron chi connectivity index (χ0n) is 15.9. The summed E-state index contributed by atoms with van der Waals surface area (Å²) in [6.45, 7) is 3.24. The van der Waals surface area contributed by atoms with Crippen molar-refractivity contribution in [1.29, 1.82) is 0 Å². The first-order valence-electron chi connectivity index (χ1n) is 9.57. The van der Waals surface area contributed by atoms with E-state index in [0.717, 1.165) is 19.3 Å². The highest BCUT2D eigenvalue weighted by atomic mass is 32.2. The van der Waals surface area contributed by atoms with Crippen molar-refractivity contribution in [2.24, 2.45) is 0 Å². The number of carbonyl (C=O) groups excluding carboxylic acids is 1. The summed E-state index contributed by atoms with van der Waals surface area (Å²) in [5.74, 6) is -0.228. The van der Waals surface area contributed by atoms with Gasteiger partial charge in [0.25, 0.3) is 5.91 Å².